The van der Waals surface area contributed by atoms with E-state index >= 15 is 0 Å². The van der Waals surface area contributed by atoms with Crippen LogP contribution in [0.2, 0.25) is 0 Å². The molecular weight excluding hydrogens is 116 g/mol. The Hall–Kier alpha value is -0.810. The van der Waals surface area contributed by atoms with Gasteiger partial charge in [-0.15, -0.1) is 6.42 Å². The molecule has 0 aromatic rings. The van der Waals surface area contributed by atoms with E-state index in [0.717, 1.165) is 6.29 Å². The molecule has 0 saturated heterocycles. The highest BCUT2D eigenvalue weighted by molar-refractivity contribution is 5.60. The Morgan fingerprint density at radius 3 is 2.67 bits per heavy atom. The summed E-state index contributed by atoms with van der Waals surface area (Å²) >= 11 is 0. The predicted octanol–water partition coefficient (Wildman–Crippen LogP) is 0.614. The summed E-state index contributed by atoms with van der Waals surface area (Å²) in [5, 5.41) is 0. The second kappa shape index (κ2) is 3.26. The molecule has 0 rings (SSSR count). The molecule has 0 aliphatic carbocycles. The van der Waals surface area contributed by atoms with Gasteiger partial charge in [-0.1, -0.05) is 5.92 Å². The fourth-order valence-electron chi connectivity index (χ4n) is 0.262. The summed E-state index contributed by atoms with van der Waals surface area (Å²) in [6.07, 6.45) is 5.63. The van der Waals surface area contributed by atoms with Crippen LogP contribution in [0.4, 0.5) is 0 Å². The molecule has 0 aromatic carbocycles. The molecule has 0 unspecified atom stereocenters. The second-order valence-electron chi connectivity index (χ2n) is 2.21. The van der Waals surface area contributed by atoms with Gasteiger partial charge in [0.25, 0.3) is 0 Å². The number of carbonyl (C=O) groups is 1. The van der Waals surface area contributed by atoms with Gasteiger partial charge < -0.3 is 9.53 Å². The van der Waals surface area contributed by atoms with E-state index in [1.807, 2.05) is 0 Å². The first-order chi connectivity index (χ1) is 4.12. The third-order valence-electron chi connectivity index (χ3n) is 0.811. The van der Waals surface area contributed by atoms with Gasteiger partial charge in [-0.25, -0.2) is 0 Å². The molecule has 0 N–H and O–H groups in total. The molecule has 0 atom stereocenters. The monoisotopic (exact) mass is 126 g/mol. The maximum Gasteiger partial charge on any atom is 0.151 e. The summed E-state index contributed by atoms with van der Waals surface area (Å²) in [5.74, 6) is 2.28. The smallest absolute Gasteiger partial charge is 0.151 e. The van der Waals surface area contributed by atoms with Gasteiger partial charge in [-0.05, 0) is 13.8 Å². The molecule has 0 aromatic heterocycles. The van der Waals surface area contributed by atoms with Crippen LogP contribution >= 0.6 is 0 Å². The van der Waals surface area contributed by atoms with E-state index in [9.17, 15) is 4.79 Å². The Bertz CT molecular complexity index is 130. The molecule has 50 valence electrons. The van der Waals surface area contributed by atoms with Gasteiger partial charge in [0.2, 0.25) is 0 Å². The van der Waals surface area contributed by atoms with Gasteiger partial charge in [0.15, 0.2) is 6.29 Å². The predicted molar refractivity (Wildman–Crippen MR) is 34.9 cm³/mol. The average molecular weight is 126 g/mol. The first-order valence-electron chi connectivity index (χ1n) is 2.66. The Morgan fingerprint density at radius 2 is 2.33 bits per heavy atom. The number of carbonyl (C=O) groups excluding carboxylic acids is 1. The molecule has 2 nitrogen and oxygen atoms in total. The molecule has 0 bridgehead atoms. The van der Waals surface area contributed by atoms with Crippen molar-refractivity contribution in [1.29, 1.82) is 0 Å². The molecule has 0 heterocycles. The van der Waals surface area contributed by atoms with Crippen LogP contribution in [0.1, 0.15) is 13.8 Å². The summed E-state index contributed by atoms with van der Waals surface area (Å²) in [5.41, 5.74) is -0.730. The van der Waals surface area contributed by atoms with Crippen molar-refractivity contribution in [2.45, 2.75) is 19.4 Å². The van der Waals surface area contributed by atoms with E-state index in [-0.39, 0.29) is 6.61 Å². The molecule has 0 saturated carbocycles. The standard InChI is InChI=1S/C7H10O2/c1-4-5-9-7(2,3)6-8/h1,6H,5H2,2-3H3. The molecule has 0 radical (unpaired) electrons. The van der Waals surface area contributed by atoms with Gasteiger partial charge in [0.1, 0.15) is 12.2 Å². The molecule has 0 fully saturated rings. The van der Waals surface area contributed by atoms with E-state index in [1.165, 1.54) is 0 Å². The third-order valence-corrected chi connectivity index (χ3v) is 0.811. The zero-order chi connectivity index (χ0) is 7.33. The second-order valence-corrected chi connectivity index (χ2v) is 2.21. The van der Waals surface area contributed by atoms with Crippen molar-refractivity contribution in [3.8, 4) is 12.3 Å². The molecule has 0 spiro atoms. The number of hydrogen-bond acceptors (Lipinski definition) is 2. The maximum atomic E-state index is 10.1. The molecule has 0 aliphatic heterocycles. The lowest BCUT2D eigenvalue weighted by atomic mass is 10.2. The van der Waals surface area contributed by atoms with Crippen LogP contribution < -0.4 is 0 Å². The van der Waals surface area contributed by atoms with Crippen LogP contribution in [-0.4, -0.2) is 18.5 Å². The lowest BCUT2D eigenvalue weighted by Crippen LogP contribution is -2.25. The number of rotatable bonds is 3. The minimum atomic E-state index is -0.730. The van der Waals surface area contributed by atoms with Crippen molar-refractivity contribution >= 4 is 6.29 Å². The van der Waals surface area contributed by atoms with Crippen molar-refractivity contribution in [1.82, 2.24) is 0 Å². The summed E-state index contributed by atoms with van der Waals surface area (Å²) < 4.78 is 4.92. The highest BCUT2D eigenvalue weighted by Gasteiger charge is 2.14. The average Bonchev–Trinajstić information content (AvgIpc) is 1.84. The lowest BCUT2D eigenvalue weighted by molar-refractivity contribution is -0.125. The normalized spacial score (nSPS) is 10.3. The summed E-state index contributed by atoms with van der Waals surface area (Å²) in [6, 6.07) is 0. The number of ether oxygens (including phenoxy) is 1. The minimum Gasteiger partial charge on any atom is -0.355 e. The van der Waals surface area contributed by atoms with Crippen LogP contribution in [0.25, 0.3) is 0 Å². The highest BCUT2D eigenvalue weighted by atomic mass is 16.5. The largest absolute Gasteiger partial charge is 0.355 e. The molecule has 0 aliphatic rings. The van der Waals surface area contributed by atoms with E-state index in [2.05, 4.69) is 5.92 Å². The van der Waals surface area contributed by atoms with Crippen LogP contribution in [-0.2, 0) is 9.53 Å². The van der Waals surface area contributed by atoms with Crippen molar-refractivity contribution in [2.24, 2.45) is 0 Å². The molecule has 2 heteroatoms. The zero-order valence-corrected chi connectivity index (χ0v) is 5.68. The van der Waals surface area contributed by atoms with Gasteiger partial charge in [0, 0.05) is 0 Å². The molecular formula is C7H10O2. The minimum absolute atomic E-state index is 0.186. The third kappa shape index (κ3) is 3.75. The fourth-order valence-corrected chi connectivity index (χ4v) is 0.262. The van der Waals surface area contributed by atoms with Crippen LogP contribution in [0.5, 0.6) is 0 Å². The van der Waals surface area contributed by atoms with Crippen molar-refractivity contribution in [2.75, 3.05) is 6.61 Å². The Kier molecular flexibility index (Phi) is 2.97. The zero-order valence-electron chi connectivity index (χ0n) is 5.68. The summed E-state index contributed by atoms with van der Waals surface area (Å²) in [7, 11) is 0. The Labute approximate surface area is 55.2 Å². The van der Waals surface area contributed by atoms with E-state index in [1.54, 1.807) is 13.8 Å². The Morgan fingerprint density at radius 1 is 1.78 bits per heavy atom. The fraction of sp³-hybridized carbons (Fsp3) is 0.571. The van der Waals surface area contributed by atoms with E-state index < -0.39 is 5.60 Å². The van der Waals surface area contributed by atoms with Crippen molar-refractivity contribution in [3.05, 3.63) is 0 Å². The van der Waals surface area contributed by atoms with Gasteiger partial charge >= 0.3 is 0 Å². The SMILES string of the molecule is C#CCOC(C)(C)C=O. The summed E-state index contributed by atoms with van der Waals surface area (Å²) in [6.45, 7) is 3.51. The number of terminal acetylenes is 1. The lowest BCUT2D eigenvalue weighted by Gasteiger charge is -2.14. The van der Waals surface area contributed by atoms with E-state index in [4.69, 9.17) is 11.2 Å². The first kappa shape index (κ1) is 8.19. The Balaban J connectivity index is 3.61. The number of aldehydes is 1. The summed E-state index contributed by atoms with van der Waals surface area (Å²) in [4.78, 5) is 10.1. The molecule has 0 amide bonds. The number of hydrogen-bond donors (Lipinski definition) is 0. The topological polar surface area (TPSA) is 26.3 Å². The van der Waals surface area contributed by atoms with Crippen LogP contribution in [0, 0.1) is 12.3 Å². The van der Waals surface area contributed by atoms with Gasteiger partial charge in [0.05, 0.1) is 0 Å². The maximum absolute atomic E-state index is 10.1. The highest BCUT2D eigenvalue weighted by Crippen LogP contribution is 2.02. The molecule has 9 heavy (non-hydrogen) atoms. The van der Waals surface area contributed by atoms with Crippen molar-refractivity contribution in [3.63, 3.8) is 0 Å². The first-order valence-corrected chi connectivity index (χ1v) is 2.66. The van der Waals surface area contributed by atoms with Gasteiger partial charge in [-0.3, -0.25) is 0 Å². The quantitative estimate of drug-likeness (QED) is 0.409. The van der Waals surface area contributed by atoms with Crippen LogP contribution in [0.15, 0.2) is 0 Å². The van der Waals surface area contributed by atoms with Gasteiger partial charge in [-0.2, -0.15) is 0 Å². The van der Waals surface area contributed by atoms with Crippen molar-refractivity contribution < 1.29 is 9.53 Å². The van der Waals surface area contributed by atoms with E-state index in [0.29, 0.717) is 0 Å². The van der Waals surface area contributed by atoms with Crippen LogP contribution in [0.3, 0.4) is 0 Å².